The number of rotatable bonds is 5. The molecular weight excluding hydrogens is 314 g/mol. The van der Waals surface area contributed by atoms with Gasteiger partial charge in [-0.2, -0.15) is 0 Å². The lowest BCUT2D eigenvalue weighted by atomic mass is 9.96. The summed E-state index contributed by atoms with van der Waals surface area (Å²) < 4.78 is 0. The number of likely N-dealkylation sites (tertiary alicyclic amines) is 1. The van der Waals surface area contributed by atoms with Crippen molar-refractivity contribution in [2.75, 3.05) is 18.4 Å². The molecule has 0 radical (unpaired) electrons. The van der Waals surface area contributed by atoms with Crippen LogP contribution in [0.2, 0.25) is 0 Å². The van der Waals surface area contributed by atoms with E-state index in [1.807, 2.05) is 47.4 Å². The molecule has 5 nitrogen and oxygen atoms in total. The molecule has 25 heavy (non-hydrogen) atoms. The number of carbonyl (C=O) groups excluding carboxylic acids is 2. The first-order valence-corrected chi connectivity index (χ1v) is 8.75. The quantitative estimate of drug-likeness (QED) is 0.912. The molecule has 0 unspecified atom stereocenters. The average molecular weight is 337 g/mol. The maximum absolute atomic E-state index is 12.5. The molecule has 0 spiro atoms. The molecule has 0 saturated carbocycles. The predicted molar refractivity (Wildman–Crippen MR) is 96.9 cm³/mol. The van der Waals surface area contributed by atoms with Gasteiger partial charge in [-0.25, -0.2) is 0 Å². The van der Waals surface area contributed by atoms with Gasteiger partial charge < -0.3 is 10.2 Å². The number of amides is 2. The topological polar surface area (TPSA) is 62.3 Å². The van der Waals surface area contributed by atoms with Gasteiger partial charge in [0.1, 0.15) is 0 Å². The Morgan fingerprint density at radius 2 is 2.00 bits per heavy atom. The Balaban J connectivity index is 1.51. The van der Waals surface area contributed by atoms with Crippen LogP contribution in [0.15, 0.2) is 54.9 Å². The maximum Gasteiger partial charge on any atom is 0.229 e. The zero-order chi connectivity index (χ0) is 17.5. The van der Waals surface area contributed by atoms with Crippen LogP contribution in [-0.2, 0) is 16.0 Å². The number of carbonyl (C=O) groups is 2. The van der Waals surface area contributed by atoms with Gasteiger partial charge in [0.15, 0.2) is 0 Å². The van der Waals surface area contributed by atoms with Crippen molar-refractivity contribution in [3.63, 3.8) is 0 Å². The Morgan fingerprint density at radius 3 is 2.76 bits per heavy atom. The van der Waals surface area contributed by atoms with E-state index in [1.54, 1.807) is 12.4 Å². The van der Waals surface area contributed by atoms with Crippen LogP contribution in [0.25, 0.3) is 0 Å². The van der Waals surface area contributed by atoms with Crippen molar-refractivity contribution in [2.24, 2.45) is 5.92 Å². The summed E-state index contributed by atoms with van der Waals surface area (Å²) in [5.41, 5.74) is 1.86. The second-order valence-electron chi connectivity index (χ2n) is 6.40. The third-order valence-corrected chi connectivity index (χ3v) is 4.54. The van der Waals surface area contributed by atoms with Crippen molar-refractivity contribution in [3.05, 3.63) is 60.4 Å². The van der Waals surface area contributed by atoms with Gasteiger partial charge in [0.05, 0.1) is 5.92 Å². The molecule has 3 rings (SSSR count). The minimum absolute atomic E-state index is 0.00374. The Labute approximate surface area is 148 Å². The highest BCUT2D eigenvalue weighted by molar-refractivity contribution is 5.93. The SMILES string of the molecule is O=C(Nc1ccccc1)[C@@H]1CCCN(C(=O)CCc2cccnc2)C1. The first-order chi connectivity index (χ1) is 12.2. The van der Waals surface area contributed by atoms with E-state index in [9.17, 15) is 9.59 Å². The zero-order valence-electron chi connectivity index (χ0n) is 14.2. The van der Waals surface area contributed by atoms with Gasteiger partial charge in [-0.1, -0.05) is 24.3 Å². The van der Waals surface area contributed by atoms with Gasteiger partial charge >= 0.3 is 0 Å². The van der Waals surface area contributed by atoms with E-state index in [4.69, 9.17) is 0 Å². The molecule has 2 amide bonds. The Morgan fingerprint density at radius 1 is 1.16 bits per heavy atom. The van der Waals surface area contributed by atoms with Crippen molar-refractivity contribution in [1.82, 2.24) is 9.88 Å². The minimum atomic E-state index is -0.142. The standard InChI is InChI=1S/C20H23N3O2/c24-19(11-10-16-6-4-12-21-14-16)23-13-5-7-17(15-23)20(25)22-18-8-2-1-3-9-18/h1-4,6,8-9,12,14,17H,5,7,10-11,13,15H2,(H,22,25)/t17-/m1/s1. The summed E-state index contributed by atoms with van der Waals surface area (Å²) in [6.45, 7) is 1.24. The fraction of sp³-hybridized carbons (Fsp3) is 0.350. The molecule has 1 N–H and O–H groups in total. The summed E-state index contributed by atoms with van der Waals surface area (Å²) in [5, 5.41) is 2.94. The van der Waals surface area contributed by atoms with Crippen molar-refractivity contribution < 1.29 is 9.59 Å². The van der Waals surface area contributed by atoms with Crippen LogP contribution >= 0.6 is 0 Å². The first kappa shape index (κ1) is 17.1. The molecule has 0 aliphatic carbocycles. The first-order valence-electron chi connectivity index (χ1n) is 8.75. The molecular formula is C20H23N3O2. The van der Waals surface area contributed by atoms with E-state index in [1.165, 1.54) is 0 Å². The molecule has 0 bridgehead atoms. The number of anilines is 1. The number of piperidine rings is 1. The molecule has 130 valence electrons. The van der Waals surface area contributed by atoms with Gasteiger partial charge in [-0.05, 0) is 43.0 Å². The smallest absolute Gasteiger partial charge is 0.229 e. The Hall–Kier alpha value is -2.69. The van der Waals surface area contributed by atoms with E-state index < -0.39 is 0 Å². The third-order valence-electron chi connectivity index (χ3n) is 4.54. The second kappa shape index (κ2) is 8.42. The number of pyridine rings is 1. The normalized spacial score (nSPS) is 17.1. The summed E-state index contributed by atoms with van der Waals surface area (Å²) >= 11 is 0. The van der Waals surface area contributed by atoms with Gasteiger partial charge in [0, 0.05) is 37.6 Å². The number of aryl methyl sites for hydroxylation is 1. The van der Waals surface area contributed by atoms with Gasteiger partial charge in [0.2, 0.25) is 11.8 Å². The fourth-order valence-corrected chi connectivity index (χ4v) is 3.14. The number of aromatic nitrogens is 1. The number of hydrogen-bond acceptors (Lipinski definition) is 3. The monoisotopic (exact) mass is 337 g/mol. The van der Waals surface area contributed by atoms with E-state index in [2.05, 4.69) is 10.3 Å². The maximum atomic E-state index is 12.5. The molecule has 1 aliphatic heterocycles. The highest BCUT2D eigenvalue weighted by Crippen LogP contribution is 2.20. The lowest BCUT2D eigenvalue weighted by molar-refractivity contribution is -0.134. The molecule has 1 saturated heterocycles. The summed E-state index contributed by atoms with van der Waals surface area (Å²) in [5.74, 6) is -0.0340. The van der Waals surface area contributed by atoms with Crippen molar-refractivity contribution in [1.29, 1.82) is 0 Å². The number of benzene rings is 1. The molecule has 1 aromatic carbocycles. The zero-order valence-corrected chi connectivity index (χ0v) is 14.2. The summed E-state index contributed by atoms with van der Waals surface area (Å²) in [6, 6.07) is 13.3. The minimum Gasteiger partial charge on any atom is -0.342 e. The van der Waals surface area contributed by atoms with Crippen LogP contribution in [0, 0.1) is 5.92 Å². The van der Waals surface area contributed by atoms with Crippen LogP contribution in [0.4, 0.5) is 5.69 Å². The molecule has 1 atom stereocenters. The highest BCUT2D eigenvalue weighted by atomic mass is 16.2. The van der Waals surface area contributed by atoms with Crippen LogP contribution in [0.1, 0.15) is 24.8 Å². The molecule has 2 aromatic rings. The predicted octanol–water partition coefficient (Wildman–Crippen LogP) is 2.89. The second-order valence-corrected chi connectivity index (χ2v) is 6.40. The van der Waals surface area contributed by atoms with Crippen molar-refractivity contribution in [3.8, 4) is 0 Å². The van der Waals surface area contributed by atoms with Gasteiger partial charge in [-0.3, -0.25) is 14.6 Å². The van der Waals surface area contributed by atoms with Crippen LogP contribution in [0.5, 0.6) is 0 Å². The number of nitrogens with zero attached hydrogens (tertiary/aromatic N) is 2. The fourth-order valence-electron chi connectivity index (χ4n) is 3.14. The number of hydrogen-bond donors (Lipinski definition) is 1. The molecule has 1 aliphatic rings. The van der Waals surface area contributed by atoms with Crippen molar-refractivity contribution in [2.45, 2.75) is 25.7 Å². The van der Waals surface area contributed by atoms with Gasteiger partial charge in [-0.15, -0.1) is 0 Å². The molecule has 1 fully saturated rings. The summed E-state index contributed by atoms with van der Waals surface area (Å²) in [4.78, 5) is 30.8. The van der Waals surface area contributed by atoms with E-state index in [-0.39, 0.29) is 17.7 Å². The highest BCUT2D eigenvalue weighted by Gasteiger charge is 2.28. The molecule has 2 heterocycles. The van der Waals surface area contributed by atoms with E-state index in [0.717, 1.165) is 30.6 Å². The number of para-hydroxylation sites is 1. The van der Waals surface area contributed by atoms with Gasteiger partial charge in [0.25, 0.3) is 0 Å². The van der Waals surface area contributed by atoms with E-state index >= 15 is 0 Å². The van der Waals surface area contributed by atoms with Crippen LogP contribution in [-0.4, -0.2) is 34.8 Å². The van der Waals surface area contributed by atoms with Crippen LogP contribution in [0.3, 0.4) is 0 Å². The number of nitrogens with one attached hydrogen (secondary N) is 1. The third kappa shape index (κ3) is 4.89. The van der Waals surface area contributed by atoms with Crippen LogP contribution < -0.4 is 5.32 Å². The summed E-state index contributed by atoms with van der Waals surface area (Å²) in [6.07, 6.45) is 6.35. The lowest BCUT2D eigenvalue weighted by Crippen LogP contribution is -2.43. The molecule has 5 heteroatoms. The Kier molecular flexibility index (Phi) is 5.77. The average Bonchev–Trinajstić information content (AvgIpc) is 2.68. The van der Waals surface area contributed by atoms with E-state index in [0.29, 0.717) is 19.4 Å². The Bertz CT molecular complexity index is 703. The lowest BCUT2D eigenvalue weighted by Gasteiger charge is -2.32. The largest absolute Gasteiger partial charge is 0.342 e. The summed E-state index contributed by atoms with van der Waals surface area (Å²) in [7, 11) is 0. The van der Waals surface area contributed by atoms with Crippen molar-refractivity contribution >= 4 is 17.5 Å². The molecule has 1 aromatic heterocycles.